The molecule has 1 fully saturated rings. The van der Waals surface area contributed by atoms with E-state index >= 15 is 0 Å². The van der Waals surface area contributed by atoms with Crippen LogP contribution >= 0.6 is 0 Å². The first-order valence-electron chi connectivity index (χ1n) is 6.01. The van der Waals surface area contributed by atoms with Gasteiger partial charge in [0.1, 0.15) is 0 Å². The highest BCUT2D eigenvalue weighted by Gasteiger charge is 2.27. The van der Waals surface area contributed by atoms with Crippen molar-refractivity contribution in [2.24, 2.45) is 0 Å². The average Bonchev–Trinajstić information content (AvgIpc) is 2.38. The summed E-state index contributed by atoms with van der Waals surface area (Å²) in [7, 11) is 1.28. The number of hydrogen-bond donors (Lipinski definition) is 3. The molecule has 0 aromatic rings. The highest BCUT2D eigenvalue weighted by atomic mass is 16.5. The zero-order valence-corrected chi connectivity index (χ0v) is 10.5. The molecule has 7 heteroatoms. The van der Waals surface area contributed by atoms with Gasteiger partial charge in [-0.25, -0.2) is 9.59 Å². The standard InChI is InChI=1S/C11H20N2O5/c1-18-9(10(15)16)6-12-11(17)13-5-3-2-4-8(13)7-14/h8-9,14H,2-7H2,1H3,(H,12,17)(H,15,16). The molecule has 0 radical (unpaired) electrons. The van der Waals surface area contributed by atoms with E-state index in [1.807, 2.05) is 0 Å². The van der Waals surface area contributed by atoms with E-state index in [1.54, 1.807) is 4.90 Å². The lowest BCUT2D eigenvalue weighted by Gasteiger charge is -2.34. The number of nitrogens with zero attached hydrogens (tertiary/aromatic N) is 1. The van der Waals surface area contributed by atoms with Crippen LogP contribution in [0, 0.1) is 0 Å². The molecular weight excluding hydrogens is 240 g/mol. The van der Waals surface area contributed by atoms with Crippen molar-refractivity contribution in [1.82, 2.24) is 10.2 Å². The van der Waals surface area contributed by atoms with Crippen LogP contribution in [0.1, 0.15) is 19.3 Å². The highest BCUT2D eigenvalue weighted by Crippen LogP contribution is 2.16. The van der Waals surface area contributed by atoms with Gasteiger partial charge in [-0.1, -0.05) is 0 Å². The van der Waals surface area contributed by atoms with Gasteiger partial charge in [0.15, 0.2) is 6.10 Å². The first kappa shape index (κ1) is 14.7. The third kappa shape index (κ3) is 3.85. The van der Waals surface area contributed by atoms with E-state index in [0.717, 1.165) is 19.3 Å². The summed E-state index contributed by atoms with van der Waals surface area (Å²) in [5, 5.41) is 20.5. The number of aliphatic hydroxyl groups excluding tert-OH is 1. The molecular formula is C11H20N2O5. The Morgan fingerprint density at radius 3 is 2.78 bits per heavy atom. The number of aliphatic carboxylic acids is 1. The minimum atomic E-state index is -1.12. The normalized spacial score (nSPS) is 21.4. The number of nitrogens with one attached hydrogen (secondary N) is 1. The quantitative estimate of drug-likeness (QED) is 0.627. The fourth-order valence-corrected chi connectivity index (χ4v) is 2.01. The topological polar surface area (TPSA) is 99.1 Å². The molecule has 0 saturated carbocycles. The summed E-state index contributed by atoms with van der Waals surface area (Å²) in [4.78, 5) is 24.1. The van der Waals surface area contributed by atoms with E-state index < -0.39 is 12.1 Å². The molecule has 0 aromatic carbocycles. The number of carboxylic acids is 1. The molecule has 1 heterocycles. The van der Waals surface area contributed by atoms with Crippen molar-refractivity contribution in [3.63, 3.8) is 0 Å². The Morgan fingerprint density at radius 2 is 2.22 bits per heavy atom. The van der Waals surface area contributed by atoms with Gasteiger partial charge in [-0.05, 0) is 19.3 Å². The molecule has 104 valence electrons. The van der Waals surface area contributed by atoms with Gasteiger partial charge >= 0.3 is 12.0 Å². The Kier molecular flexibility index (Phi) is 5.87. The molecule has 3 N–H and O–H groups in total. The first-order valence-corrected chi connectivity index (χ1v) is 6.01. The molecule has 2 atom stereocenters. The summed E-state index contributed by atoms with van der Waals surface area (Å²) in [5.74, 6) is -1.12. The number of carbonyl (C=O) groups is 2. The number of carboxylic acid groups (broad SMARTS) is 1. The van der Waals surface area contributed by atoms with Gasteiger partial charge in [0.05, 0.1) is 19.2 Å². The maximum absolute atomic E-state index is 11.9. The maximum Gasteiger partial charge on any atom is 0.334 e. The van der Waals surface area contributed by atoms with Crippen LogP contribution < -0.4 is 5.32 Å². The van der Waals surface area contributed by atoms with E-state index in [-0.39, 0.29) is 25.2 Å². The molecule has 18 heavy (non-hydrogen) atoms. The SMILES string of the molecule is COC(CNC(=O)N1CCCCC1CO)C(=O)O. The van der Waals surface area contributed by atoms with Crippen molar-refractivity contribution in [2.75, 3.05) is 26.8 Å². The number of urea groups is 1. The number of amides is 2. The fourth-order valence-electron chi connectivity index (χ4n) is 2.01. The van der Waals surface area contributed by atoms with Gasteiger partial charge in [-0.3, -0.25) is 0 Å². The second-order valence-electron chi connectivity index (χ2n) is 4.27. The number of carbonyl (C=O) groups excluding carboxylic acids is 1. The molecule has 1 aliphatic heterocycles. The Balaban J connectivity index is 2.45. The predicted molar refractivity (Wildman–Crippen MR) is 63.3 cm³/mol. The van der Waals surface area contributed by atoms with E-state index in [1.165, 1.54) is 7.11 Å². The molecule has 7 nitrogen and oxygen atoms in total. The number of aliphatic hydroxyl groups is 1. The number of piperidine rings is 1. The van der Waals surface area contributed by atoms with Crippen molar-refractivity contribution in [3.05, 3.63) is 0 Å². The Hall–Kier alpha value is -1.34. The average molecular weight is 260 g/mol. The van der Waals surface area contributed by atoms with Gasteiger partial charge in [0.2, 0.25) is 0 Å². The number of rotatable bonds is 5. The lowest BCUT2D eigenvalue weighted by Crippen LogP contribution is -2.52. The van der Waals surface area contributed by atoms with Crippen LogP contribution in [0.5, 0.6) is 0 Å². The summed E-state index contributed by atoms with van der Waals surface area (Å²) in [6.45, 7) is 0.432. The second-order valence-corrected chi connectivity index (χ2v) is 4.27. The minimum absolute atomic E-state index is 0.0694. The van der Waals surface area contributed by atoms with Crippen molar-refractivity contribution in [3.8, 4) is 0 Å². The smallest absolute Gasteiger partial charge is 0.334 e. The maximum atomic E-state index is 11.9. The molecule has 0 aromatic heterocycles. The van der Waals surface area contributed by atoms with Crippen LogP contribution in [0.25, 0.3) is 0 Å². The van der Waals surface area contributed by atoms with E-state index in [4.69, 9.17) is 9.84 Å². The van der Waals surface area contributed by atoms with Crippen LogP contribution in [0.3, 0.4) is 0 Å². The monoisotopic (exact) mass is 260 g/mol. The summed E-state index contributed by atoms with van der Waals surface area (Å²) in [6, 6.07) is -0.526. The highest BCUT2D eigenvalue weighted by molar-refractivity contribution is 5.77. The summed E-state index contributed by atoms with van der Waals surface area (Å²) < 4.78 is 4.72. The molecule has 1 aliphatic rings. The lowest BCUT2D eigenvalue weighted by atomic mass is 10.0. The largest absolute Gasteiger partial charge is 0.479 e. The Morgan fingerprint density at radius 1 is 1.50 bits per heavy atom. The molecule has 2 unspecified atom stereocenters. The predicted octanol–water partition coefficient (Wildman–Crippen LogP) is -0.358. The van der Waals surface area contributed by atoms with Crippen molar-refractivity contribution < 1.29 is 24.5 Å². The molecule has 0 aliphatic carbocycles. The Bertz CT molecular complexity index is 297. The lowest BCUT2D eigenvalue weighted by molar-refractivity contribution is -0.148. The van der Waals surface area contributed by atoms with Gasteiger partial charge in [0.25, 0.3) is 0 Å². The molecule has 0 bridgehead atoms. The van der Waals surface area contributed by atoms with Crippen molar-refractivity contribution in [1.29, 1.82) is 0 Å². The van der Waals surface area contributed by atoms with Crippen molar-refractivity contribution >= 4 is 12.0 Å². The number of likely N-dealkylation sites (tertiary alicyclic amines) is 1. The van der Waals surface area contributed by atoms with Crippen LogP contribution in [-0.2, 0) is 9.53 Å². The van der Waals surface area contributed by atoms with Crippen LogP contribution in [0.15, 0.2) is 0 Å². The Labute approximate surface area is 106 Å². The van der Waals surface area contributed by atoms with Gasteiger partial charge in [-0.2, -0.15) is 0 Å². The van der Waals surface area contributed by atoms with E-state index in [0.29, 0.717) is 6.54 Å². The third-order valence-electron chi connectivity index (χ3n) is 3.10. The molecule has 2 amide bonds. The number of methoxy groups -OCH3 is 1. The zero-order valence-electron chi connectivity index (χ0n) is 10.5. The van der Waals surface area contributed by atoms with Gasteiger partial charge < -0.3 is 25.2 Å². The van der Waals surface area contributed by atoms with Crippen LogP contribution in [-0.4, -0.2) is 66.1 Å². The zero-order chi connectivity index (χ0) is 13.5. The summed E-state index contributed by atoms with van der Waals surface area (Å²) in [6.07, 6.45) is 1.61. The van der Waals surface area contributed by atoms with E-state index in [9.17, 15) is 14.7 Å². The number of ether oxygens (including phenoxy) is 1. The third-order valence-corrected chi connectivity index (χ3v) is 3.10. The summed E-state index contributed by atoms with van der Waals surface area (Å²) in [5.41, 5.74) is 0. The number of hydrogen-bond acceptors (Lipinski definition) is 4. The van der Waals surface area contributed by atoms with Crippen molar-refractivity contribution in [2.45, 2.75) is 31.4 Å². The fraction of sp³-hybridized carbons (Fsp3) is 0.818. The van der Waals surface area contributed by atoms with Crippen LogP contribution in [0.4, 0.5) is 4.79 Å². The second kappa shape index (κ2) is 7.17. The van der Waals surface area contributed by atoms with E-state index in [2.05, 4.69) is 5.32 Å². The van der Waals surface area contributed by atoms with Crippen LogP contribution in [0.2, 0.25) is 0 Å². The first-order chi connectivity index (χ1) is 8.60. The molecule has 1 rings (SSSR count). The van der Waals surface area contributed by atoms with Gasteiger partial charge in [-0.15, -0.1) is 0 Å². The molecule has 0 spiro atoms. The summed E-state index contributed by atoms with van der Waals surface area (Å²) >= 11 is 0. The minimum Gasteiger partial charge on any atom is -0.479 e. The van der Waals surface area contributed by atoms with Gasteiger partial charge in [0, 0.05) is 13.7 Å². The molecule has 1 saturated heterocycles.